The molecule has 0 radical (unpaired) electrons. The molecule has 3 rings (SSSR count). The number of anilines is 2. The number of piperidine rings is 1. The zero-order valence-corrected chi connectivity index (χ0v) is 13.2. The zero-order valence-electron chi connectivity index (χ0n) is 13.2. The number of carbonyl (C=O) groups excluding carboxylic acids is 2. The predicted octanol–water partition coefficient (Wildman–Crippen LogP) is 2.09. The number of amides is 2. The van der Waals surface area contributed by atoms with Gasteiger partial charge in [0.05, 0.1) is 11.4 Å². The van der Waals surface area contributed by atoms with Gasteiger partial charge in [-0.2, -0.15) is 0 Å². The summed E-state index contributed by atoms with van der Waals surface area (Å²) in [7, 11) is 0. The van der Waals surface area contributed by atoms with Crippen molar-refractivity contribution >= 4 is 23.2 Å². The van der Waals surface area contributed by atoms with Gasteiger partial charge in [-0.25, -0.2) is 0 Å². The van der Waals surface area contributed by atoms with Gasteiger partial charge < -0.3 is 10.2 Å². The van der Waals surface area contributed by atoms with Crippen LogP contribution in [0.3, 0.4) is 0 Å². The Kier molecular flexibility index (Phi) is 4.05. The summed E-state index contributed by atoms with van der Waals surface area (Å²) in [6, 6.07) is 7.35. The van der Waals surface area contributed by atoms with Gasteiger partial charge in [0.2, 0.25) is 11.8 Å². The molecular weight excluding hydrogens is 278 g/mol. The number of fused-ring (bicyclic) bond motifs is 1. The first-order valence-corrected chi connectivity index (χ1v) is 8.01. The number of benzene rings is 1. The van der Waals surface area contributed by atoms with E-state index >= 15 is 0 Å². The van der Waals surface area contributed by atoms with Crippen molar-refractivity contribution in [3.8, 4) is 0 Å². The number of nitrogens with zero attached hydrogens (tertiary/aromatic N) is 2. The monoisotopic (exact) mass is 301 g/mol. The van der Waals surface area contributed by atoms with Crippen molar-refractivity contribution in [3.05, 3.63) is 24.3 Å². The summed E-state index contributed by atoms with van der Waals surface area (Å²) in [5.41, 5.74) is 1.71. The molecule has 0 bridgehead atoms. The van der Waals surface area contributed by atoms with Gasteiger partial charge in [0.15, 0.2) is 0 Å². The number of hydrogen-bond donors (Lipinski definition) is 1. The molecule has 2 aliphatic rings. The highest BCUT2D eigenvalue weighted by Crippen LogP contribution is 2.31. The van der Waals surface area contributed by atoms with Crippen molar-refractivity contribution in [1.29, 1.82) is 0 Å². The summed E-state index contributed by atoms with van der Waals surface area (Å²) in [6.45, 7) is 5.79. The summed E-state index contributed by atoms with van der Waals surface area (Å²) in [5.74, 6) is 0.687. The number of nitrogens with one attached hydrogen (secondary N) is 1. The molecular formula is C17H23N3O2. The maximum absolute atomic E-state index is 12.5. The second kappa shape index (κ2) is 5.99. The second-order valence-electron chi connectivity index (χ2n) is 6.37. The van der Waals surface area contributed by atoms with Crippen molar-refractivity contribution in [2.45, 2.75) is 32.7 Å². The quantitative estimate of drug-likeness (QED) is 0.910. The highest BCUT2D eigenvalue weighted by molar-refractivity contribution is 6.07. The molecule has 1 fully saturated rings. The second-order valence-corrected chi connectivity index (χ2v) is 6.37. The number of para-hydroxylation sites is 2. The van der Waals surface area contributed by atoms with Crippen LogP contribution in [0.15, 0.2) is 24.3 Å². The zero-order chi connectivity index (χ0) is 15.7. The molecule has 5 heteroatoms. The lowest BCUT2D eigenvalue weighted by Gasteiger charge is -2.36. The Morgan fingerprint density at radius 1 is 1.23 bits per heavy atom. The third kappa shape index (κ3) is 2.80. The molecule has 2 heterocycles. The van der Waals surface area contributed by atoms with E-state index in [4.69, 9.17) is 0 Å². The molecule has 1 aromatic rings. The first kappa shape index (κ1) is 14.9. The van der Waals surface area contributed by atoms with E-state index in [1.807, 2.05) is 36.1 Å². The van der Waals surface area contributed by atoms with Crippen LogP contribution >= 0.6 is 0 Å². The maximum atomic E-state index is 12.5. The van der Waals surface area contributed by atoms with E-state index in [0.717, 1.165) is 37.3 Å². The number of carbonyl (C=O) groups is 2. The average Bonchev–Trinajstić information content (AvgIpc) is 2.52. The van der Waals surface area contributed by atoms with Crippen LogP contribution in [0.4, 0.5) is 11.4 Å². The third-order valence-corrected chi connectivity index (χ3v) is 4.63. The molecule has 1 atom stereocenters. The van der Waals surface area contributed by atoms with Gasteiger partial charge in [0, 0.05) is 13.1 Å². The van der Waals surface area contributed by atoms with E-state index < -0.39 is 0 Å². The van der Waals surface area contributed by atoms with E-state index in [1.165, 1.54) is 0 Å². The number of rotatable bonds is 2. The van der Waals surface area contributed by atoms with Crippen molar-refractivity contribution in [2.75, 3.05) is 29.9 Å². The molecule has 22 heavy (non-hydrogen) atoms. The van der Waals surface area contributed by atoms with Gasteiger partial charge in [0.1, 0.15) is 12.6 Å². The van der Waals surface area contributed by atoms with E-state index in [9.17, 15) is 9.59 Å². The topological polar surface area (TPSA) is 52.7 Å². The van der Waals surface area contributed by atoms with Crippen LogP contribution in [0.25, 0.3) is 0 Å². The van der Waals surface area contributed by atoms with Crippen LogP contribution < -0.4 is 10.2 Å². The lowest BCUT2D eigenvalue weighted by molar-refractivity contribution is -0.132. The molecule has 1 unspecified atom stereocenters. The van der Waals surface area contributed by atoms with Gasteiger partial charge in [-0.3, -0.25) is 14.5 Å². The normalized spacial score (nSPS) is 22.3. The molecule has 0 spiro atoms. The van der Waals surface area contributed by atoms with Crippen LogP contribution in [0.5, 0.6) is 0 Å². The van der Waals surface area contributed by atoms with Gasteiger partial charge in [0.25, 0.3) is 0 Å². The molecule has 118 valence electrons. The predicted molar refractivity (Wildman–Crippen MR) is 86.9 cm³/mol. The van der Waals surface area contributed by atoms with E-state index in [0.29, 0.717) is 5.92 Å². The third-order valence-electron chi connectivity index (χ3n) is 4.63. The highest BCUT2D eigenvalue weighted by Gasteiger charge is 2.32. The van der Waals surface area contributed by atoms with Crippen molar-refractivity contribution in [3.63, 3.8) is 0 Å². The summed E-state index contributed by atoms with van der Waals surface area (Å²) >= 11 is 0. The molecule has 2 amide bonds. The molecule has 0 aromatic heterocycles. The Balaban J connectivity index is 1.76. The average molecular weight is 301 g/mol. The summed E-state index contributed by atoms with van der Waals surface area (Å²) < 4.78 is 0. The number of likely N-dealkylation sites (tertiary alicyclic amines) is 1. The fraction of sp³-hybridized carbons (Fsp3) is 0.529. The number of hydrogen-bond acceptors (Lipinski definition) is 3. The lowest BCUT2D eigenvalue weighted by Crippen LogP contribution is -2.51. The van der Waals surface area contributed by atoms with Crippen LogP contribution in [-0.4, -0.2) is 42.4 Å². The smallest absolute Gasteiger partial charge is 0.249 e. The molecule has 2 aliphatic heterocycles. The molecule has 0 saturated carbocycles. The van der Waals surface area contributed by atoms with Crippen molar-refractivity contribution < 1.29 is 9.59 Å². The lowest BCUT2D eigenvalue weighted by atomic mass is 9.99. The Hall–Kier alpha value is -2.04. The Labute approximate surface area is 131 Å². The fourth-order valence-corrected chi connectivity index (χ4v) is 3.13. The SMILES string of the molecule is CC1CCN(C(=O)CN2C(=O)C(C)Nc3ccccc32)CC1. The van der Waals surface area contributed by atoms with Gasteiger partial charge in [-0.15, -0.1) is 0 Å². The molecule has 5 nitrogen and oxygen atoms in total. The first-order chi connectivity index (χ1) is 10.6. The largest absolute Gasteiger partial charge is 0.372 e. The highest BCUT2D eigenvalue weighted by atomic mass is 16.2. The van der Waals surface area contributed by atoms with E-state index in [1.54, 1.807) is 4.90 Å². The Bertz CT molecular complexity index is 579. The summed E-state index contributed by atoms with van der Waals surface area (Å²) in [5, 5.41) is 3.18. The maximum Gasteiger partial charge on any atom is 0.249 e. The van der Waals surface area contributed by atoms with Crippen molar-refractivity contribution in [2.24, 2.45) is 5.92 Å². The Morgan fingerprint density at radius 3 is 2.64 bits per heavy atom. The van der Waals surface area contributed by atoms with Crippen LogP contribution in [0.2, 0.25) is 0 Å². The summed E-state index contributed by atoms with van der Waals surface area (Å²) in [4.78, 5) is 28.5. The van der Waals surface area contributed by atoms with Crippen molar-refractivity contribution in [1.82, 2.24) is 4.90 Å². The standard InChI is InChI=1S/C17H23N3O2/c1-12-7-9-19(10-8-12)16(21)11-20-15-6-4-3-5-14(15)18-13(2)17(20)22/h3-6,12-13,18H,7-11H2,1-2H3. The minimum absolute atomic E-state index is 0.0440. The fourth-order valence-electron chi connectivity index (χ4n) is 3.13. The minimum Gasteiger partial charge on any atom is -0.372 e. The molecule has 1 saturated heterocycles. The Morgan fingerprint density at radius 2 is 1.91 bits per heavy atom. The van der Waals surface area contributed by atoms with E-state index in [-0.39, 0.29) is 24.4 Å². The van der Waals surface area contributed by atoms with Crippen LogP contribution in [0.1, 0.15) is 26.7 Å². The van der Waals surface area contributed by atoms with E-state index in [2.05, 4.69) is 12.2 Å². The van der Waals surface area contributed by atoms with Gasteiger partial charge in [-0.1, -0.05) is 19.1 Å². The van der Waals surface area contributed by atoms with Gasteiger partial charge in [-0.05, 0) is 37.8 Å². The minimum atomic E-state index is -0.302. The van der Waals surface area contributed by atoms with Crippen LogP contribution in [0, 0.1) is 5.92 Å². The van der Waals surface area contributed by atoms with Gasteiger partial charge >= 0.3 is 0 Å². The molecule has 1 aromatic carbocycles. The molecule has 1 N–H and O–H groups in total. The van der Waals surface area contributed by atoms with Crippen LogP contribution in [-0.2, 0) is 9.59 Å². The first-order valence-electron chi connectivity index (χ1n) is 8.01. The summed E-state index contributed by atoms with van der Waals surface area (Å²) in [6.07, 6.45) is 2.10. The molecule has 0 aliphatic carbocycles.